The van der Waals surface area contributed by atoms with Gasteiger partial charge < -0.3 is 34.0 Å². The van der Waals surface area contributed by atoms with Gasteiger partial charge in [0.1, 0.15) is 30.4 Å². The number of aliphatic hydroxyl groups excluding tert-OH is 2. The molecular weight excluding hydrogens is 757 g/mol. The maximum atomic E-state index is 14.6. The van der Waals surface area contributed by atoms with Gasteiger partial charge in [0.05, 0.1) is 31.4 Å². The van der Waals surface area contributed by atoms with Crippen LogP contribution in [-0.4, -0.2) is 72.3 Å². The molecule has 3 aliphatic rings. The highest BCUT2D eigenvalue weighted by atomic mass is 16.7. The van der Waals surface area contributed by atoms with Crippen molar-refractivity contribution >= 4 is 22.6 Å². The molecule has 1 saturated carbocycles. The highest BCUT2D eigenvalue weighted by Gasteiger charge is 2.65. The summed E-state index contributed by atoms with van der Waals surface area (Å²) in [5.74, 6) is 0.212. The van der Waals surface area contributed by atoms with Crippen LogP contribution in [0.3, 0.4) is 0 Å². The van der Waals surface area contributed by atoms with Crippen molar-refractivity contribution in [2.75, 3.05) is 33.5 Å². The number of allylic oxidation sites excluding steroid dienone is 1. The number of carbonyl (C=O) groups excluding carboxylic acids is 1. The number of amides is 1. The molecule has 0 saturated heterocycles. The molecule has 7 rings (SSSR count). The van der Waals surface area contributed by atoms with E-state index < -0.39 is 23.8 Å². The number of oxime groups is 1. The third kappa shape index (κ3) is 8.69. The molecule has 1 fully saturated rings. The van der Waals surface area contributed by atoms with Gasteiger partial charge in [-0.3, -0.25) is 4.90 Å². The Bertz CT molecular complexity index is 2190. The zero-order chi connectivity index (χ0) is 42.2. The van der Waals surface area contributed by atoms with Gasteiger partial charge in [0.2, 0.25) is 5.79 Å². The maximum Gasteiger partial charge on any atom is 0.410 e. The number of unbranched alkanes of at least 4 members (excludes halogenated alkanes) is 2. The standard InChI is InChI=1S/C50H60N2O8/c1-6-27-58-50-46(52(49(55)57-7-2)32-37-18-14-17-35-15-8-9-19-40(35)37)31-44(51-56-5)42-29-36(16-10-12-25-53)41(20-11-13-26-54)47(48(42)50)43-30-39(23-24-45(43)60-50)59-38-22-21-33(3)34(4)28-38/h6,8-9,14-15,17-19,21-24,28-30,36,41,46-48,53-54H,1,7,10-13,16,20,25-27,31-32H2,2-5H3/t36-,41+,46-,47+,48+,50+/m0/s1. The van der Waals surface area contributed by atoms with E-state index in [1.54, 1.807) is 18.1 Å². The lowest BCUT2D eigenvalue weighted by atomic mass is 9.55. The monoisotopic (exact) mass is 816 g/mol. The highest BCUT2D eigenvalue weighted by molar-refractivity contribution is 6.03. The fourth-order valence-electron chi connectivity index (χ4n) is 9.86. The molecule has 0 unspecified atom stereocenters. The lowest BCUT2D eigenvalue weighted by Gasteiger charge is -2.59. The van der Waals surface area contributed by atoms with E-state index in [0.29, 0.717) is 24.3 Å². The third-order valence-corrected chi connectivity index (χ3v) is 12.7. The first-order valence-electron chi connectivity index (χ1n) is 21.5. The van der Waals surface area contributed by atoms with Crippen molar-refractivity contribution in [2.24, 2.45) is 22.9 Å². The number of carbonyl (C=O) groups is 1. The molecule has 0 radical (unpaired) electrons. The Morgan fingerprint density at radius 3 is 2.45 bits per heavy atom. The van der Waals surface area contributed by atoms with Gasteiger partial charge in [-0.1, -0.05) is 78.7 Å². The number of benzene rings is 4. The van der Waals surface area contributed by atoms with Gasteiger partial charge in [0.25, 0.3) is 0 Å². The molecular formula is C50H60N2O8. The summed E-state index contributed by atoms with van der Waals surface area (Å²) in [4.78, 5) is 21.9. The van der Waals surface area contributed by atoms with Crippen molar-refractivity contribution in [2.45, 2.75) is 90.0 Å². The lowest BCUT2D eigenvalue weighted by Crippen LogP contribution is -2.70. The van der Waals surface area contributed by atoms with Crippen molar-refractivity contribution in [1.29, 1.82) is 0 Å². The number of hydrogen-bond acceptors (Lipinski definition) is 9. The Balaban J connectivity index is 1.45. The molecule has 1 aliphatic heterocycles. The fraction of sp³-hybridized carbons (Fsp3) is 0.440. The van der Waals surface area contributed by atoms with E-state index >= 15 is 0 Å². The molecule has 60 heavy (non-hydrogen) atoms. The van der Waals surface area contributed by atoms with Crippen molar-refractivity contribution in [3.63, 3.8) is 0 Å². The van der Waals surface area contributed by atoms with Crippen LogP contribution in [0.4, 0.5) is 4.79 Å². The minimum absolute atomic E-state index is 0.0758. The average Bonchev–Trinajstić information content (AvgIpc) is 3.25. The summed E-state index contributed by atoms with van der Waals surface area (Å²) in [5, 5.41) is 26.7. The SMILES string of the molecule is C=CCO[C@@]12Oc3ccc(Oc4ccc(C)c(C)c4)cc3[C@H]3[C@H](CCCCO)[C@@H](CCCCO)C=C(C(=NOC)C[C@@H]1N(Cc1cccc4ccccc14)C(=O)OCC)[C@H]32. The van der Waals surface area contributed by atoms with E-state index in [0.717, 1.165) is 70.2 Å². The van der Waals surface area contributed by atoms with E-state index in [-0.39, 0.29) is 57.1 Å². The van der Waals surface area contributed by atoms with Crippen molar-refractivity contribution < 1.29 is 38.8 Å². The second-order valence-electron chi connectivity index (χ2n) is 16.3. The molecule has 0 aromatic heterocycles. The van der Waals surface area contributed by atoms with Gasteiger partial charge in [-0.15, -0.1) is 6.58 Å². The fourth-order valence-corrected chi connectivity index (χ4v) is 9.86. The van der Waals surface area contributed by atoms with Gasteiger partial charge in [0.15, 0.2) is 0 Å². The second kappa shape index (κ2) is 19.5. The molecule has 2 aliphatic carbocycles. The Morgan fingerprint density at radius 1 is 0.950 bits per heavy atom. The van der Waals surface area contributed by atoms with Crippen molar-refractivity contribution in [1.82, 2.24) is 4.90 Å². The Labute approximate surface area is 354 Å². The summed E-state index contributed by atoms with van der Waals surface area (Å²) < 4.78 is 27.0. The molecule has 10 nitrogen and oxygen atoms in total. The van der Waals surface area contributed by atoms with E-state index in [9.17, 15) is 15.0 Å². The molecule has 318 valence electrons. The van der Waals surface area contributed by atoms with E-state index in [1.165, 1.54) is 5.56 Å². The minimum Gasteiger partial charge on any atom is -0.459 e. The molecule has 6 atom stereocenters. The molecule has 1 amide bonds. The third-order valence-electron chi connectivity index (χ3n) is 12.7. The predicted octanol–water partition coefficient (Wildman–Crippen LogP) is 10.2. The van der Waals surface area contributed by atoms with Crippen LogP contribution in [0, 0.1) is 31.6 Å². The van der Waals surface area contributed by atoms with Crippen LogP contribution in [0.2, 0.25) is 0 Å². The molecule has 2 N–H and O–H groups in total. The summed E-state index contributed by atoms with van der Waals surface area (Å²) >= 11 is 0. The summed E-state index contributed by atoms with van der Waals surface area (Å²) in [7, 11) is 1.55. The Kier molecular flexibility index (Phi) is 13.9. The molecule has 4 aromatic carbocycles. The maximum absolute atomic E-state index is 14.6. The number of aliphatic hydroxyl groups is 2. The van der Waals surface area contributed by atoms with Crippen LogP contribution in [0.1, 0.15) is 80.0 Å². The smallest absolute Gasteiger partial charge is 0.410 e. The topological polar surface area (TPSA) is 119 Å². The zero-order valence-electron chi connectivity index (χ0n) is 35.5. The summed E-state index contributed by atoms with van der Waals surface area (Å²) in [6, 6.07) is 25.7. The van der Waals surface area contributed by atoms with Gasteiger partial charge in [-0.2, -0.15) is 0 Å². The van der Waals surface area contributed by atoms with E-state index in [4.69, 9.17) is 28.9 Å². The minimum atomic E-state index is -1.41. The van der Waals surface area contributed by atoms with Crippen LogP contribution in [0.25, 0.3) is 10.8 Å². The number of nitrogens with zero attached hydrogens (tertiary/aromatic N) is 2. The van der Waals surface area contributed by atoms with Gasteiger partial charge in [-0.25, -0.2) is 4.79 Å². The van der Waals surface area contributed by atoms with Crippen LogP contribution >= 0.6 is 0 Å². The molecule has 4 aromatic rings. The number of fused-ring (bicyclic) bond motifs is 3. The van der Waals surface area contributed by atoms with Crippen LogP contribution in [0.5, 0.6) is 17.2 Å². The summed E-state index contributed by atoms with van der Waals surface area (Å²) in [5.41, 5.74) is 5.96. The second-order valence-corrected chi connectivity index (χ2v) is 16.3. The normalized spacial score (nSPS) is 23.5. The number of rotatable bonds is 18. The molecule has 1 heterocycles. The first-order chi connectivity index (χ1) is 29.3. The Hall–Kier alpha value is -5.16. The van der Waals surface area contributed by atoms with Crippen LogP contribution < -0.4 is 9.47 Å². The summed E-state index contributed by atoms with van der Waals surface area (Å²) in [6.45, 7) is 10.8. The predicted molar refractivity (Wildman–Crippen MR) is 234 cm³/mol. The van der Waals surface area contributed by atoms with Gasteiger partial charge >= 0.3 is 6.09 Å². The zero-order valence-corrected chi connectivity index (χ0v) is 35.5. The first-order valence-corrected chi connectivity index (χ1v) is 21.5. The first kappa shape index (κ1) is 42.9. The largest absolute Gasteiger partial charge is 0.459 e. The van der Waals surface area contributed by atoms with E-state index in [1.807, 2.05) is 43.3 Å². The van der Waals surface area contributed by atoms with Crippen LogP contribution in [-0.2, 0) is 20.9 Å². The van der Waals surface area contributed by atoms with Crippen molar-refractivity contribution in [3.05, 3.63) is 125 Å². The van der Waals surface area contributed by atoms with Gasteiger partial charge in [-0.05, 0) is 122 Å². The number of aryl methyl sites for hydroxylation is 2. The quantitative estimate of drug-likeness (QED) is 0.0579. The van der Waals surface area contributed by atoms with E-state index in [2.05, 4.69) is 69.0 Å². The summed E-state index contributed by atoms with van der Waals surface area (Å²) in [6.07, 6.45) is 8.56. The Morgan fingerprint density at radius 2 is 1.70 bits per heavy atom. The van der Waals surface area contributed by atoms with Crippen LogP contribution in [0.15, 0.2) is 108 Å². The van der Waals surface area contributed by atoms with Crippen molar-refractivity contribution in [3.8, 4) is 17.2 Å². The average molecular weight is 817 g/mol. The van der Waals surface area contributed by atoms with Gasteiger partial charge in [0, 0.05) is 31.1 Å². The number of hydrogen-bond donors (Lipinski definition) is 2. The lowest BCUT2D eigenvalue weighted by molar-refractivity contribution is -0.256. The highest BCUT2D eigenvalue weighted by Crippen LogP contribution is 2.62. The molecule has 10 heteroatoms. The molecule has 0 spiro atoms. The molecule has 0 bridgehead atoms. The number of ether oxygens (including phenoxy) is 4.